The maximum absolute atomic E-state index is 11.0. The van der Waals surface area contributed by atoms with Gasteiger partial charge in [-0.2, -0.15) is 5.26 Å². The lowest BCUT2D eigenvalue weighted by molar-refractivity contribution is 0.0945. The third kappa shape index (κ3) is 1.97. The molecule has 1 N–H and O–H groups in total. The molecule has 2 aliphatic heterocycles. The summed E-state index contributed by atoms with van der Waals surface area (Å²) in [6.07, 6.45) is 3.33. The third-order valence-electron chi connectivity index (χ3n) is 4.01. The minimum Gasteiger partial charge on any atom is -0.465 e. The van der Waals surface area contributed by atoms with Crippen molar-refractivity contribution in [2.75, 3.05) is 24.5 Å². The van der Waals surface area contributed by atoms with Crippen LogP contribution in [0.1, 0.15) is 12.0 Å². The summed E-state index contributed by atoms with van der Waals surface area (Å²) in [5, 5.41) is 17.9. The van der Waals surface area contributed by atoms with Crippen LogP contribution in [0.15, 0.2) is 18.5 Å². The van der Waals surface area contributed by atoms with E-state index in [2.05, 4.69) is 16.0 Å². The van der Waals surface area contributed by atoms with Crippen molar-refractivity contribution in [2.45, 2.75) is 12.5 Å². The fourth-order valence-electron chi connectivity index (χ4n) is 2.91. The van der Waals surface area contributed by atoms with Gasteiger partial charge in [0.2, 0.25) is 0 Å². The minimum absolute atomic E-state index is 0.223. The number of nitrogens with zero attached hydrogens (tertiary/aromatic N) is 4. The molecule has 2 fully saturated rings. The smallest absolute Gasteiger partial charge is 0.407 e. The van der Waals surface area contributed by atoms with E-state index in [9.17, 15) is 4.79 Å². The number of carboxylic acid groups (broad SMARTS) is 1. The number of hydrogen-bond donors (Lipinski definition) is 1. The van der Waals surface area contributed by atoms with Crippen molar-refractivity contribution in [1.82, 2.24) is 9.88 Å². The first kappa shape index (κ1) is 11.8. The van der Waals surface area contributed by atoms with Gasteiger partial charge in [0, 0.05) is 31.7 Å². The number of amides is 1. The lowest BCUT2D eigenvalue weighted by atomic mass is 9.82. The molecule has 1 aromatic heterocycles. The summed E-state index contributed by atoms with van der Waals surface area (Å²) in [4.78, 5) is 18.7. The molecule has 0 aromatic carbocycles. The second-order valence-electron chi connectivity index (χ2n) is 5.04. The van der Waals surface area contributed by atoms with Crippen molar-refractivity contribution in [3.05, 3.63) is 24.0 Å². The first-order chi connectivity index (χ1) is 9.19. The number of aromatic nitrogens is 1. The predicted molar refractivity (Wildman–Crippen MR) is 67.8 cm³/mol. The largest absolute Gasteiger partial charge is 0.465 e. The van der Waals surface area contributed by atoms with Gasteiger partial charge in [-0.25, -0.2) is 4.79 Å². The molecule has 19 heavy (non-hydrogen) atoms. The molecular weight excluding hydrogens is 244 g/mol. The number of nitriles is 1. The molecule has 0 unspecified atom stereocenters. The Hall–Kier alpha value is -2.29. The average molecular weight is 258 g/mol. The zero-order valence-corrected chi connectivity index (χ0v) is 10.4. The lowest BCUT2D eigenvalue weighted by Crippen LogP contribution is -2.65. The fraction of sp³-hybridized carbons (Fsp3) is 0.462. The van der Waals surface area contributed by atoms with E-state index in [0.717, 1.165) is 18.7 Å². The number of carbonyl (C=O) groups is 1. The van der Waals surface area contributed by atoms with E-state index in [1.165, 1.54) is 11.1 Å². The minimum atomic E-state index is -0.853. The van der Waals surface area contributed by atoms with Crippen LogP contribution in [0.4, 0.5) is 10.5 Å². The predicted octanol–water partition coefficient (Wildman–Crippen LogP) is 1.14. The number of rotatable bonds is 1. The van der Waals surface area contributed by atoms with Crippen molar-refractivity contribution in [3.63, 3.8) is 0 Å². The molecule has 2 atom stereocenters. The van der Waals surface area contributed by atoms with Gasteiger partial charge in [0.25, 0.3) is 0 Å². The molecule has 0 aliphatic carbocycles. The van der Waals surface area contributed by atoms with Crippen LogP contribution in [-0.4, -0.2) is 46.8 Å². The zero-order valence-electron chi connectivity index (χ0n) is 10.4. The molecule has 1 aromatic rings. The molecule has 6 nitrogen and oxygen atoms in total. The maximum Gasteiger partial charge on any atom is 0.407 e. The molecule has 3 heterocycles. The van der Waals surface area contributed by atoms with Gasteiger partial charge in [-0.15, -0.1) is 0 Å². The van der Waals surface area contributed by atoms with Gasteiger partial charge in [-0.1, -0.05) is 0 Å². The highest BCUT2D eigenvalue weighted by Crippen LogP contribution is 2.36. The second kappa shape index (κ2) is 4.43. The van der Waals surface area contributed by atoms with Crippen molar-refractivity contribution >= 4 is 11.8 Å². The van der Waals surface area contributed by atoms with E-state index in [-0.39, 0.29) is 6.04 Å². The summed E-state index contributed by atoms with van der Waals surface area (Å²) >= 11 is 0. The van der Waals surface area contributed by atoms with Crippen LogP contribution < -0.4 is 4.90 Å². The molecule has 3 rings (SSSR count). The van der Waals surface area contributed by atoms with E-state index >= 15 is 0 Å². The van der Waals surface area contributed by atoms with Crippen molar-refractivity contribution in [1.29, 1.82) is 5.26 Å². The van der Waals surface area contributed by atoms with Crippen LogP contribution >= 0.6 is 0 Å². The summed E-state index contributed by atoms with van der Waals surface area (Å²) in [5.41, 5.74) is 1.44. The molecule has 0 spiro atoms. The van der Waals surface area contributed by atoms with E-state index in [0.29, 0.717) is 24.6 Å². The average Bonchev–Trinajstić information content (AvgIpc) is 2.40. The van der Waals surface area contributed by atoms with Crippen LogP contribution in [0.2, 0.25) is 0 Å². The summed E-state index contributed by atoms with van der Waals surface area (Å²) < 4.78 is 0. The number of hydrogen-bond acceptors (Lipinski definition) is 4. The Labute approximate surface area is 110 Å². The third-order valence-corrected chi connectivity index (χ3v) is 4.01. The highest BCUT2D eigenvalue weighted by molar-refractivity contribution is 5.65. The van der Waals surface area contributed by atoms with Crippen molar-refractivity contribution < 1.29 is 9.90 Å². The van der Waals surface area contributed by atoms with Crippen LogP contribution in [0.25, 0.3) is 0 Å². The lowest BCUT2D eigenvalue weighted by Gasteiger charge is -2.54. The number of piperidine rings is 1. The van der Waals surface area contributed by atoms with Gasteiger partial charge < -0.3 is 14.9 Å². The number of anilines is 1. The van der Waals surface area contributed by atoms with Gasteiger partial charge in [-0.05, 0) is 12.5 Å². The van der Waals surface area contributed by atoms with Crippen molar-refractivity contribution in [2.24, 2.45) is 5.92 Å². The monoisotopic (exact) mass is 258 g/mol. The highest BCUT2D eigenvalue weighted by atomic mass is 16.4. The molecule has 2 saturated heterocycles. The zero-order chi connectivity index (χ0) is 13.4. The van der Waals surface area contributed by atoms with Crippen LogP contribution in [0.5, 0.6) is 0 Å². The number of pyridine rings is 1. The molecule has 2 aliphatic rings. The van der Waals surface area contributed by atoms with Gasteiger partial charge in [0.05, 0.1) is 23.5 Å². The second-order valence-corrected chi connectivity index (χ2v) is 5.04. The molecule has 6 heteroatoms. The number of likely N-dealkylation sites (tertiary alicyclic amines) is 1. The Bertz CT molecular complexity index is 554. The summed E-state index contributed by atoms with van der Waals surface area (Å²) in [6, 6.07) is 4.11. The molecule has 0 bridgehead atoms. The highest BCUT2D eigenvalue weighted by Gasteiger charge is 2.43. The Kier molecular flexibility index (Phi) is 2.75. The van der Waals surface area contributed by atoms with Gasteiger partial charge >= 0.3 is 6.09 Å². The van der Waals surface area contributed by atoms with E-state index < -0.39 is 6.09 Å². The molecule has 0 radical (unpaired) electrons. The molecule has 0 saturated carbocycles. The Morgan fingerprint density at radius 1 is 1.47 bits per heavy atom. The van der Waals surface area contributed by atoms with E-state index in [1.54, 1.807) is 6.20 Å². The maximum atomic E-state index is 11.0. The summed E-state index contributed by atoms with van der Waals surface area (Å²) in [5.74, 6) is 0.557. The standard InChI is InChI=1S/C13H14N4O2/c14-4-9-3-11(6-15-5-9)17-7-10-1-2-16(13(18)19)8-12(10)17/h3,5-6,10,12H,1-2,7-8H2,(H,18,19)/t10-,12-/m0/s1. The molecular formula is C13H14N4O2. The Morgan fingerprint density at radius 2 is 2.32 bits per heavy atom. The van der Waals surface area contributed by atoms with E-state index in [4.69, 9.17) is 10.4 Å². The van der Waals surface area contributed by atoms with Crippen molar-refractivity contribution in [3.8, 4) is 6.07 Å². The van der Waals surface area contributed by atoms with Crippen LogP contribution in [-0.2, 0) is 0 Å². The summed E-state index contributed by atoms with van der Waals surface area (Å²) in [7, 11) is 0. The SMILES string of the molecule is N#Cc1cncc(N2C[C@@H]3CCN(C(=O)O)C[C@@H]32)c1. The Morgan fingerprint density at radius 3 is 3.05 bits per heavy atom. The number of fused-ring (bicyclic) bond motifs is 1. The normalized spacial score (nSPS) is 25.2. The van der Waals surface area contributed by atoms with Gasteiger partial charge in [0.1, 0.15) is 6.07 Å². The first-order valence-corrected chi connectivity index (χ1v) is 6.28. The molecule has 1 amide bonds. The van der Waals surface area contributed by atoms with Gasteiger partial charge in [-0.3, -0.25) is 4.98 Å². The van der Waals surface area contributed by atoms with E-state index in [1.807, 2.05) is 6.07 Å². The summed E-state index contributed by atoms with van der Waals surface area (Å²) in [6.45, 7) is 2.09. The van der Waals surface area contributed by atoms with Crippen LogP contribution in [0.3, 0.4) is 0 Å². The molecule has 98 valence electrons. The fourth-order valence-corrected chi connectivity index (χ4v) is 2.91. The topological polar surface area (TPSA) is 80.5 Å². The first-order valence-electron chi connectivity index (χ1n) is 6.28. The quantitative estimate of drug-likeness (QED) is 0.817. The Balaban J connectivity index is 1.77. The van der Waals surface area contributed by atoms with Crippen LogP contribution in [0, 0.1) is 17.2 Å². The van der Waals surface area contributed by atoms with Gasteiger partial charge in [0.15, 0.2) is 0 Å².